The second-order valence-corrected chi connectivity index (χ2v) is 8.81. The maximum Gasteiger partial charge on any atom is 0.210 e. The van der Waals surface area contributed by atoms with Crippen molar-refractivity contribution < 1.29 is 13.9 Å². The van der Waals surface area contributed by atoms with Gasteiger partial charge in [0, 0.05) is 29.4 Å². The van der Waals surface area contributed by atoms with E-state index in [9.17, 15) is 9.18 Å². The van der Waals surface area contributed by atoms with Crippen LogP contribution in [0.5, 0.6) is 5.75 Å². The predicted molar refractivity (Wildman–Crippen MR) is 140 cm³/mol. The average Bonchev–Trinajstić information content (AvgIpc) is 3.27. The van der Waals surface area contributed by atoms with Crippen LogP contribution < -0.4 is 4.74 Å². The van der Waals surface area contributed by atoms with Crippen molar-refractivity contribution in [3.63, 3.8) is 0 Å². The second-order valence-electron chi connectivity index (χ2n) is 8.81. The minimum atomic E-state index is -0.301. The fraction of sp³-hybridized carbons (Fsp3) is 0.300. The number of carbonyl (C=O) groups excluding carboxylic acids is 1. The molecule has 5 heteroatoms. The highest BCUT2D eigenvalue weighted by Crippen LogP contribution is 2.30. The molecule has 4 rings (SSSR count). The molecule has 0 aliphatic rings. The van der Waals surface area contributed by atoms with Gasteiger partial charge in [-0.2, -0.15) is 0 Å². The summed E-state index contributed by atoms with van der Waals surface area (Å²) in [7, 11) is 0. The summed E-state index contributed by atoms with van der Waals surface area (Å²) in [5.41, 5.74) is 3.65. The van der Waals surface area contributed by atoms with E-state index in [1.807, 2.05) is 59.1 Å². The van der Waals surface area contributed by atoms with Crippen molar-refractivity contribution in [3.8, 4) is 16.9 Å². The smallest absolute Gasteiger partial charge is 0.210 e. The van der Waals surface area contributed by atoms with Crippen LogP contribution in [0, 0.1) is 5.82 Å². The van der Waals surface area contributed by atoms with Crippen molar-refractivity contribution in [2.75, 3.05) is 26.2 Å². The molecule has 0 N–H and O–H groups in total. The molecule has 182 valence electrons. The van der Waals surface area contributed by atoms with Gasteiger partial charge in [-0.3, -0.25) is 4.79 Å². The first-order valence-electron chi connectivity index (χ1n) is 12.5. The Hall–Kier alpha value is -3.44. The Morgan fingerprint density at radius 3 is 2.31 bits per heavy atom. The molecule has 2 heterocycles. The van der Waals surface area contributed by atoms with Crippen molar-refractivity contribution in [3.05, 3.63) is 96.1 Å². The zero-order valence-corrected chi connectivity index (χ0v) is 20.5. The van der Waals surface area contributed by atoms with E-state index in [2.05, 4.69) is 18.7 Å². The van der Waals surface area contributed by atoms with Crippen molar-refractivity contribution in [1.29, 1.82) is 0 Å². The average molecular weight is 473 g/mol. The van der Waals surface area contributed by atoms with E-state index >= 15 is 0 Å². The highest BCUT2D eigenvalue weighted by molar-refractivity contribution is 6.13. The van der Waals surface area contributed by atoms with Gasteiger partial charge < -0.3 is 14.0 Å². The van der Waals surface area contributed by atoms with Crippen LogP contribution in [0.1, 0.15) is 49.2 Å². The molecule has 0 unspecified atom stereocenters. The number of carbonyl (C=O) groups is 1. The number of ketones is 1. The maximum absolute atomic E-state index is 13.6. The van der Waals surface area contributed by atoms with Crippen LogP contribution in [0.2, 0.25) is 0 Å². The first-order valence-corrected chi connectivity index (χ1v) is 12.5. The summed E-state index contributed by atoms with van der Waals surface area (Å²) in [6, 6.07) is 21.4. The predicted octanol–water partition coefficient (Wildman–Crippen LogP) is 6.87. The summed E-state index contributed by atoms with van der Waals surface area (Å²) in [6.07, 6.45) is 5.18. The van der Waals surface area contributed by atoms with E-state index < -0.39 is 0 Å². The number of pyridine rings is 1. The zero-order chi connectivity index (χ0) is 24.6. The first-order chi connectivity index (χ1) is 17.1. The Bertz CT molecular complexity index is 1240. The van der Waals surface area contributed by atoms with Gasteiger partial charge in [-0.1, -0.05) is 32.0 Å². The molecule has 4 nitrogen and oxygen atoms in total. The normalized spacial score (nSPS) is 11.3. The van der Waals surface area contributed by atoms with E-state index in [4.69, 9.17) is 4.74 Å². The number of halogens is 1. The zero-order valence-electron chi connectivity index (χ0n) is 20.5. The van der Waals surface area contributed by atoms with Crippen molar-refractivity contribution in [2.45, 2.75) is 33.1 Å². The molecule has 0 amide bonds. The van der Waals surface area contributed by atoms with Gasteiger partial charge >= 0.3 is 0 Å². The lowest BCUT2D eigenvalue weighted by Gasteiger charge is -2.20. The van der Waals surface area contributed by atoms with Gasteiger partial charge in [-0.25, -0.2) is 4.39 Å². The van der Waals surface area contributed by atoms with Gasteiger partial charge in [0.15, 0.2) is 0 Å². The van der Waals surface area contributed by atoms with Crippen LogP contribution in [0.15, 0.2) is 79.0 Å². The Labute approximate surface area is 207 Å². The van der Waals surface area contributed by atoms with Crippen LogP contribution in [-0.2, 0) is 0 Å². The quantitative estimate of drug-likeness (QED) is 0.167. The van der Waals surface area contributed by atoms with E-state index in [-0.39, 0.29) is 11.6 Å². The van der Waals surface area contributed by atoms with Crippen molar-refractivity contribution in [2.24, 2.45) is 0 Å². The van der Waals surface area contributed by atoms with Crippen LogP contribution in [0.3, 0.4) is 0 Å². The number of benzene rings is 2. The summed E-state index contributed by atoms with van der Waals surface area (Å²) in [4.78, 5) is 16.1. The van der Waals surface area contributed by atoms with E-state index in [0.717, 1.165) is 61.3 Å². The fourth-order valence-electron chi connectivity index (χ4n) is 4.49. The molecular formula is C30H33FN2O2. The molecule has 0 spiro atoms. The lowest BCUT2D eigenvalue weighted by molar-refractivity contribution is 0.103. The minimum absolute atomic E-state index is 0.0863. The summed E-state index contributed by atoms with van der Waals surface area (Å²) in [6.45, 7) is 8.35. The minimum Gasteiger partial charge on any atom is -0.494 e. The molecule has 0 fully saturated rings. The standard InChI is InChI=1S/C30H33FN2O2/c1-3-17-32(18-4-2)19-7-21-35-27-15-11-24(12-16-27)30(34)29-28(23-9-13-25(31)14-10-23)22-26-8-5-6-20-33(26)29/h5-6,8-16,20,22H,3-4,7,17-19,21H2,1-2H3. The lowest BCUT2D eigenvalue weighted by atomic mass is 10.00. The van der Waals surface area contributed by atoms with Gasteiger partial charge in [0.05, 0.1) is 6.61 Å². The lowest BCUT2D eigenvalue weighted by Crippen LogP contribution is -2.27. The maximum atomic E-state index is 13.6. The largest absolute Gasteiger partial charge is 0.494 e. The van der Waals surface area contributed by atoms with Gasteiger partial charge in [0.1, 0.15) is 17.3 Å². The monoisotopic (exact) mass is 472 g/mol. The number of fused-ring (bicyclic) bond motifs is 1. The third-order valence-electron chi connectivity index (χ3n) is 6.13. The summed E-state index contributed by atoms with van der Waals surface area (Å²) >= 11 is 0. The number of hydrogen-bond acceptors (Lipinski definition) is 3. The number of nitrogens with zero attached hydrogens (tertiary/aromatic N) is 2. The summed E-state index contributed by atoms with van der Waals surface area (Å²) < 4.78 is 21.3. The topological polar surface area (TPSA) is 34.0 Å². The molecule has 0 aliphatic carbocycles. The Kier molecular flexibility index (Phi) is 8.32. The molecule has 35 heavy (non-hydrogen) atoms. The number of ether oxygens (including phenoxy) is 1. The molecule has 2 aromatic carbocycles. The van der Waals surface area contributed by atoms with Gasteiger partial charge in [0.25, 0.3) is 0 Å². The number of hydrogen-bond donors (Lipinski definition) is 0. The van der Waals surface area contributed by atoms with Crippen LogP contribution in [0.25, 0.3) is 16.6 Å². The van der Waals surface area contributed by atoms with Crippen LogP contribution in [-0.4, -0.2) is 41.3 Å². The highest BCUT2D eigenvalue weighted by Gasteiger charge is 2.20. The van der Waals surface area contributed by atoms with E-state index in [1.165, 1.54) is 12.1 Å². The first kappa shape index (κ1) is 24.7. The molecule has 0 atom stereocenters. The third kappa shape index (κ3) is 5.98. The van der Waals surface area contributed by atoms with Gasteiger partial charge in [-0.05, 0) is 92.5 Å². The highest BCUT2D eigenvalue weighted by atomic mass is 19.1. The van der Waals surface area contributed by atoms with Gasteiger partial charge in [0.2, 0.25) is 5.78 Å². The fourth-order valence-corrected chi connectivity index (χ4v) is 4.49. The Balaban J connectivity index is 1.49. The molecule has 0 aliphatic heterocycles. The second kappa shape index (κ2) is 11.8. The van der Waals surface area contributed by atoms with Crippen molar-refractivity contribution in [1.82, 2.24) is 9.30 Å². The molecule has 0 radical (unpaired) electrons. The molecule has 0 bridgehead atoms. The summed E-state index contributed by atoms with van der Waals surface area (Å²) in [5, 5.41) is 0. The summed E-state index contributed by atoms with van der Waals surface area (Å²) in [5.74, 6) is 0.374. The van der Waals surface area contributed by atoms with Crippen LogP contribution >= 0.6 is 0 Å². The van der Waals surface area contributed by atoms with Crippen molar-refractivity contribution >= 4 is 11.3 Å². The molecule has 0 saturated heterocycles. The number of rotatable bonds is 12. The third-order valence-corrected chi connectivity index (χ3v) is 6.13. The Morgan fingerprint density at radius 1 is 0.914 bits per heavy atom. The molecule has 0 saturated carbocycles. The molecule has 4 aromatic rings. The SMILES string of the molecule is CCCN(CCC)CCCOc1ccc(C(=O)c2c(-c3ccc(F)cc3)cc3ccccn23)cc1. The molecule has 2 aromatic heterocycles. The number of aromatic nitrogens is 1. The Morgan fingerprint density at radius 2 is 1.63 bits per heavy atom. The molecular weight excluding hydrogens is 439 g/mol. The van der Waals surface area contributed by atoms with E-state index in [1.54, 1.807) is 12.1 Å². The van der Waals surface area contributed by atoms with Gasteiger partial charge in [-0.15, -0.1) is 0 Å². The van der Waals surface area contributed by atoms with E-state index in [0.29, 0.717) is 17.9 Å². The van der Waals surface area contributed by atoms with Crippen LogP contribution in [0.4, 0.5) is 4.39 Å².